The molecule has 108 valence electrons. The van der Waals surface area contributed by atoms with E-state index in [1.807, 2.05) is 31.2 Å². The predicted molar refractivity (Wildman–Crippen MR) is 78.0 cm³/mol. The first-order chi connectivity index (χ1) is 9.76. The first-order valence-electron chi connectivity index (χ1n) is 6.79. The van der Waals surface area contributed by atoms with Crippen molar-refractivity contribution in [3.63, 3.8) is 0 Å². The summed E-state index contributed by atoms with van der Waals surface area (Å²) in [6.45, 7) is 3.51. The average molecular weight is 275 g/mol. The van der Waals surface area contributed by atoms with Gasteiger partial charge in [-0.15, -0.1) is 0 Å². The van der Waals surface area contributed by atoms with Gasteiger partial charge < -0.3 is 15.2 Å². The molecule has 0 aromatic heterocycles. The van der Waals surface area contributed by atoms with E-state index in [2.05, 4.69) is 17.2 Å². The van der Waals surface area contributed by atoms with Gasteiger partial charge in [0.05, 0.1) is 6.61 Å². The molecule has 1 aromatic carbocycles. The monoisotopic (exact) mass is 275 g/mol. The summed E-state index contributed by atoms with van der Waals surface area (Å²) in [5, 5.41) is 11.5. The smallest absolute Gasteiger partial charge is 0.222 e. The standard InChI is InChI=1S/C16H21NO3/c1-2-10-20-11-8-16(19)17-13-15-6-3-5-14(12-15)7-4-9-18/h3,5-6,12,18H,2,8-11,13H2,1H3,(H,17,19). The van der Waals surface area contributed by atoms with Crippen LogP contribution in [-0.4, -0.2) is 30.8 Å². The lowest BCUT2D eigenvalue weighted by atomic mass is 10.1. The summed E-state index contributed by atoms with van der Waals surface area (Å²) in [7, 11) is 0. The molecule has 1 aromatic rings. The lowest BCUT2D eigenvalue weighted by Gasteiger charge is -2.06. The van der Waals surface area contributed by atoms with Gasteiger partial charge in [0, 0.05) is 25.1 Å². The van der Waals surface area contributed by atoms with Crippen molar-refractivity contribution in [2.45, 2.75) is 26.3 Å². The molecule has 0 spiro atoms. The quantitative estimate of drug-likeness (QED) is 0.585. The summed E-state index contributed by atoms with van der Waals surface area (Å²) in [6.07, 6.45) is 1.34. The Labute approximate surface area is 120 Å². The van der Waals surface area contributed by atoms with Gasteiger partial charge in [-0.3, -0.25) is 4.79 Å². The number of hydrogen-bond donors (Lipinski definition) is 2. The molecule has 2 N–H and O–H groups in total. The van der Waals surface area contributed by atoms with E-state index in [-0.39, 0.29) is 12.5 Å². The number of benzene rings is 1. The Morgan fingerprint density at radius 1 is 1.40 bits per heavy atom. The van der Waals surface area contributed by atoms with Crippen molar-refractivity contribution in [2.75, 3.05) is 19.8 Å². The number of rotatable bonds is 7. The van der Waals surface area contributed by atoms with Gasteiger partial charge in [-0.1, -0.05) is 30.9 Å². The van der Waals surface area contributed by atoms with E-state index in [0.29, 0.717) is 26.2 Å². The largest absolute Gasteiger partial charge is 0.384 e. The van der Waals surface area contributed by atoms with Gasteiger partial charge in [-0.05, 0) is 24.1 Å². The Hall–Kier alpha value is -1.83. The molecule has 0 aliphatic rings. The van der Waals surface area contributed by atoms with Crippen molar-refractivity contribution in [1.82, 2.24) is 5.32 Å². The molecule has 20 heavy (non-hydrogen) atoms. The molecular weight excluding hydrogens is 254 g/mol. The fourth-order valence-corrected chi connectivity index (χ4v) is 1.60. The number of ether oxygens (including phenoxy) is 1. The minimum atomic E-state index is -0.154. The van der Waals surface area contributed by atoms with Crippen molar-refractivity contribution in [3.8, 4) is 11.8 Å². The second-order valence-corrected chi connectivity index (χ2v) is 4.30. The lowest BCUT2D eigenvalue weighted by molar-refractivity contribution is -0.122. The van der Waals surface area contributed by atoms with E-state index >= 15 is 0 Å². The van der Waals surface area contributed by atoms with E-state index in [1.165, 1.54) is 0 Å². The topological polar surface area (TPSA) is 58.6 Å². The highest BCUT2D eigenvalue weighted by atomic mass is 16.5. The highest BCUT2D eigenvalue weighted by molar-refractivity contribution is 5.75. The van der Waals surface area contributed by atoms with Crippen LogP contribution in [0.25, 0.3) is 0 Å². The number of aliphatic hydroxyl groups is 1. The SMILES string of the molecule is CCCOCCC(=O)NCc1cccc(C#CCO)c1. The normalized spacial score (nSPS) is 9.70. The summed E-state index contributed by atoms with van der Waals surface area (Å²) in [6, 6.07) is 7.58. The van der Waals surface area contributed by atoms with Crippen LogP contribution in [0.2, 0.25) is 0 Å². The zero-order chi connectivity index (χ0) is 14.6. The van der Waals surface area contributed by atoms with Crippen LogP contribution < -0.4 is 5.32 Å². The van der Waals surface area contributed by atoms with Crippen LogP contribution in [0.4, 0.5) is 0 Å². The van der Waals surface area contributed by atoms with Crippen molar-refractivity contribution in [2.24, 2.45) is 0 Å². The molecule has 0 heterocycles. The first-order valence-corrected chi connectivity index (χ1v) is 6.79. The van der Waals surface area contributed by atoms with Gasteiger partial charge >= 0.3 is 0 Å². The van der Waals surface area contributed by atoms with Crippen LogP contribution >= 0.6 is 0 Å². The van der Waals surface area contributed by atoms with Gasteiger partial charge in [0.2, 0.25) is 5.91 Å². The lowest BCUT2D eigenvalue weighted by Crippen LogP contribution is -2.24. The van der Waals surface area contributed by atoms with Gasteiger partial charge in [0.1, 0.15) is 6.61 Å². The molecule has 4 nitrogen and oxygen atoms in total. The Morgan fingerprint density at radius 2 is 2.25 bits per heavy atom. The molecule has 0 aliphatic carbocycles. The van der Waals surface area contributed by atoms with Crippen molar-refractivity contribution < 1.29 is 14.6 Å². The van der Waals surface area contributed by atoms with Crippen molar-refractivity contribution in [3.05, 3.63) is 35.4 Å². The summed E-state index contributed by atoms with van der Waals surface area (Å²) >= 11 is 0. The third-order valence-electron chi connectivity index (χ3n) is 2.55. The Bertz CT molecular complexity index is 474. The minimum Gasteiger partial charge on any atom is -0.384 e. The van der Waals surface area contributed by atoms with E-state index in [0.717, 1.165) is 17.5 Å². The zero-order valence-corrected chi connectivity index (χ0v) is 11.8. The Kier molecular flexibility index (Phi) is 8.13. The molecule has 1 amide bonds. The van der Waals surface area contributed by atoms with E-state index in [9.17, 15) is 4.79 Å². The number of nitrogens with one attached hydrogen (secondary N) is 1. The molecule has 0 saturated heterocycles. The van der Waals surface area contributed by atoms with Crippen LogP contribution in [0.15, 0.2) is 24.3 Å². The second-order valence-electron chi connectivity index (χ2n) is 4.30. The number of carbonyl (C=O) groups excluding carboxylic acids is 1. The number of aliphatic hydroxyl groups excluding tert-OH is 1. The highest BCUT2D eigenvalue weighted by Gasteiger charge is 2.01. The molecule has 0 fully saturated rings. The van der Waals surface area contributed by atoms with Gasteiger partial charge in [-0.25, -0.2) is 0 Å². The number of carbonyl (C=O) groups is 1. The maximum atomic E-state index is 11.6. The fourth-order valence-electron chi connectivity index (χ4n) is 1.60. The molecule has 0 atom stereocenters. The summed E-state index contributed by atoms with van der Waals surface area (Å²) < 4.78 is 5.27. The Balaban J connectivity index is 2.35. The van der Waals surface area contributed by atoms with Crippen LogP contribution in [0.3, 0.4) is 0 Å². The highest BCUT2D eigenvalue weighted by Crippen LogP contribution is 2.04. The molecule has 0 saturated carbocycles. The number of hydrogen-bond acceptors (Lipinski definition) is 3. The maximum Gasteiger partial charge on any atom is 0.222 e. The molecule has 0 unspecified atom stereocenters. The maximum absolute atomic E-state index is 11.6. The van der Waals surface area contributed by atoms with Crippen LogP contribution in [0.5, 0.6) is 0 Å². The molecule has 0 aliphatic heterocycles. The first kappa shape index (κ1) is 16.2. The molecular formula is C16H21NO3. The van der Waals surface area contributed by atoms with E-state index in [4.69, 9.17) is 9.84 Å². The molecule has 0 bridgehead atoms. The van der Waals surface area contributed by atoms with Crippen LogP contribution in [0, 0.1) is 11.8 Å². The Morgan fingerprint density at radius 3 is 3.00 bits per heavy atom. The molecule has 0 radical (unpaired) electrons. The van der Waals surface area contributed by atoms with Crippen molar-refractivity contribution in [1.29, 1.82) is 0 Å². The average Bonchev–Trinajstić information content (AvgIpc) is 2.48. The van der Waals surface area contributed by atoms with Crippen molar-refractivity contribution >= 4 is 5.91 Å². The van der Waals surface area contributed by atoms with Gasteiger partial charge in [-0.2, -0.15) is 0 Å². The van der Waals surface area contributed by atoms with Gasteiger partial charge in [0.25, 0.3) is 0 Å². The molecule has 4 heteroatoms. The third-order valence-corrected chi connectivity index (χ3v) is 2.55. The van der Waals surface area contributed by atoms with E-state index < -0.39 is 0 Å². The van der Waals surface area contributed by atoms with Crippen LogP contribution in [-0.2, 0) is 16.1 Å². The predicted octanol–water partition coefficient (Wildman–Crippen LogP) is 1.46. The van der Waals surface area contributed by atoms with E-state index in [1.54, 1.807) is 0 Å². The summed E-state index contributed by atoms with van der Waals surface area (Å²) in [5.41, 5.74) is 1.81. The minimum absolute atomic E-state index is 0.0204. The fraction of sp³-hybridized carbons (Fsp3) is 0.438. The molecule has 1 rings (SSSR count). The second kappa shape index (κ2) is 10.0. The van der Waals surface area contributed by atoms with Gasteiger partial charge in [0.15, 0.2) is 0 Å². The summed E-state index contributed by atoms with van der Waals surface area (Å²) in [5.74, 6) is 5.42. The zero-order valence-electron chi connectivity index (χ0n) is 11.8. The third kappa shape index (κ3) is 6.93. The number of amides is 1. The van der Waals surface area contributed by atoms with Crippen LogP contribution in [0.1, 0.15) is 30.9 Å². The summed E-state index contributed by atoms with van der Waals surface area (Å²) in [4.78, 5) is 11.6.